The van der Waals surface area contributed by atoms with Crippen LogP contribution in [0.5, 0.6) is 0 Å². The average molecular weight is 431 g/mol. The maximum Gasteiger partial charge on any atom is 0.216 e. The smallest absolute Gasteiger partial charge is 0.216 e. The molecule has 0 fully saturated rings. The normalized spacial score (nSPS) is 9.50. The molecule has 0 aliphatic rings. The standard InChI is InChI=1S/C9H12.C7H5ClOS.C7H6OS/c1-8(2)9-6-4-3-5-7-9;8-6-3-1-5(2-4-6)7(9)10;8-7(9)6-4-2-1-3-5-6/h3-8H,1-2H3;1-4H,(H,9,10);1-5H,(H,8,9). The van der Waals surface area contributed by atoms with Crippen LogP contribution in [0.25, 0.3) is 0 Å². The summed E-state index contributed by atoms with van der Waals surface area (Å²) in [4.78, 5) is 21.1. The summed E-state index contributed by atoms with van der Waals surface area (Å²) in [6.07, 6.45) is 0. The predicted molar refractivity (Wildman–Crippen MR) is 125 cm³/mol. The Morgan fingerprint density at radius 2 is 1.07 bits per heavy atom. The summed E-state index contributed by atoms with van der Waals surface area (Å²) in [7, 11) is 0. The summed E-state index contributed by atoms with van der Waals surface area (Å²) >= 11 is 12.9. The van der Waals surface area contributed by atoms with Crippen LogP contribution in [0.15, 0.2) is 84.9 Å². The van der Waals surface area contributed by atoms with E-state index in [9.17, 15) is 9.59 Å². The lowest BCUT2D eigenvalue weighted by atomic mass is 10.0. The van der Waals surface area contributed by atoms with E-state index in [-0.39, 0.29) is 10.2 Å². The Morgan fingerprint density at radius 1 is 0.679 bits per heavy atom. The molecule has 0 radical (unpaired) electrons. The van der Waals surface area contributed by atoms with Gasteiger partial charge in [-0.3, -0.25) is 9.59 Å². The van der Waals surface area contributed by atoms with Gasteiger partial charge in [0.15, 0.2) is 0 Å². The van der Waals surface area contributed by atoms with E-state index in [1.807, 2.05) is 24.3 Å². The lowest BCUT2D eigenvalue weighted by Gasteiger charge is -2.01. The van der Waals surface area contributed by atoms with Crippen LogP contribution < -0.4 is 0 Å². The average Bonchev–Trinajstić information content (AvgIpc) is 2.70. The van der Waals surface area contributed by atoms with Gasteiger partial charge >= 0.3 is 0 Å². The third-order valence-electron chi connectivity index (χ3n) is 3.58. The number of hydrogen-bond acceptors (Lipinski definition) is 2. The van der Waals surface area contributed by atoms with Crippen molar-refractivity contribution >= 4 is 47.1 Å². The van der Waals surface area contributed by atoms with Crippen molar-refractivity contribution in [2.45, 2.75) is 19.8 Å². The molecule has 3 aromatic rings. The van der Waals surface area contributed by atoms with Crippen molar-refractivity contribution < 1.29 is 9.59 Å². The molecule has 0 saturated heterocycles. The molecular weight excluding hydrogens is 408 g/mol. The topological polar surface area (TPSA) is 34.1 Å². The van der Waals surface area contributed by atoms with Crippen LogP contribution in [0.3, 0.4) is 0 Å². The second-order valence-corrected chi connectivity index (χ2v) is 7.30. The third kappa shape index (κ3) is 9.79. The molecule has 0 bridgehead atoms. The molecule has 0 unspecified atom stereocenters. The Hall–Kier alpha value is -2.01. The first kappa shape index (κ1) is 24.0. The molecule has 5 heteroatoms. The molecule has 0 heterocycles. The number of benzene rings is 3. The number of thiol groups is 2. The van der Waals surface area contributed by atoms with E-state index in [2.05, 4.69) is 63.4 Å². The number of hydrogen-bond donors (Lipinski definition) is 2. The summed E-state index contributed by atoms with van der Waals surface area (Å²) in [5, 5.41) is 0.200. The Labute approximate surface area is 182 Å². The molecule has 28 heavy (non-hydrogen) atoms. The second-order valence-electron chi connectivity index (χ2n) is 6.05. The predicted octanol–water partition coefficient (Wildman–Crippen LogP) is 6.98. The maximum atomic E-state index is 10.6. The summed E-state index contributed by atoms with van der Waals surface area (Å²) < 4.78 is 0. The molecule has 3 rings (SSSR count). The second kappa shape index (κ2) is 13.2. The fourth-order valence-corrected chi connectivity index (χ4v) is 2.44. The molecule has 3 aromatic carbocycles. The number of carbonyl (C=O) groups is 2. The first-order valence-corrected chi connectivity index (χ1v) is 9.90. The fourth-order valence-electron chi connectivity index (χ4n) is 2.01. The molecule has 0 aromatic heterocycles. The first-order valence-electron chi connectivity index (χ1n) is 8.63. The first-order chi connectivity index (χ1) is 13.3. The minimum Gasteiger partial charge on any atom is -0.282 e. The Bertz CT molecular complexity index is 849. The highest BCUT2D eigenvalue weighted by Crippen LogP contribution is 2.12. The van der Waals surface area contributed by atoms with Crippen LogP contribution >= 0.6 is 36.9 Å². The van der Waals surface area contributed by atoms with Gasteiger partial charge in [-0.15, -0.1) is 25.3 Å². The molecule has 0 aliphatic heterocycles. The zero-order chi connectivity index (χ0) is 20.9. The van der Waals surface area contributed by atoms with Crippen LogP contribution in [0.4, 0.5) is 0 Å². The van der Waals surface area contributed by atoms with Gasteiger partial charge in [0.1, 0.15) is 0 Å². The van der Waals surface area contributed by atoms with Crippen LogP contribution in [-0.4, -0.2) is 10.2 Å². The van der Waals surface area contributed by atoms with Crippen LogP contribution in [0.2, 0.25) is 5.02 Å². The lowest BCUT2D eigenvalue weighted by Crippen LogP contribution is -1.85. The van der Waals surface area contributed by atoms with Crippen molar-refractivity contribution in [3.63, 3.8) is 0 Å². The Kier molecular flexibility index (Phi) is 11.3. The lowest BCUT2D eigenvalue weighted by molar-refractivity contribution is 0.108. The molecule has 0 N–H and O–H groups in total. The molecule has 0 aliphatic carbocycles. The van der Waals surface area contributed by atoms with E-state index >= 15 is 0 Å². The molecule has 0 amide bonds. The van der Waals surface area contributed by atoms with Gasteiger partial charge in [-0.25, -0.2) is 0 Å². The highest BCUT2D eigenvalue weighted by molar-refractivity contribution is 7.97. The highest BCUT2D eigenvalue weighted by Gasteiger charge is 1.97. The molecule has 0 atom stereocenters. The van der Waals surface area contributed by atoms with Crippen LogP contribution in [0.1, 0.15) is 46.0 Å². The van der Waals surface area contributed by atoms with Gasteiger partial charge < -0.3 is 0 Å². The third-order valence-corrected chi connectivity index (χ3v) is 4.35. The van der Waals surface area contributed by atoms with Gasteiger partial charge in [0.05, 0.1) is 0 Å². The highest BCUT2D eigenvalue weighted by atomic mass is 35.5. The van der Waals surface area contributed by atoms with E-state index in [1.54, 1.807) is 36.4 Å². The molecule has 0 spiro atoms. The minimum absolute atomic E-state index is 0.185. The van der Waals surface area contributed by atoms with Crippen molar-refractivity contribution in [2.24, 2.45) is 0 Å². The van der Waals surface area contributed by atoms with Crippen molar-refractivity contribution in [1.29, 1.82) is 0 Å². The Morgan fingerprint density at radius 3 is 1.39 bits per heavy atom. The Balaban J connectivity index is 0.000000210. The van der Waals surface area contributed by atoms with Gasteiger partial charge in [0.2, 0.25) is 10.2 Å². The maximum absolute atomic E-state index is 10.6. The van der Waals surface area contributed by atoms with E-state index in [1.165, 1.54) is 5.56 Å². The fraction of sp³-hybridized carbons (Fsp3) is 0.130. The zero-order valence-electron chi connectivity index (χ0n) is 15.7. The summed E-state index contributed by atoms with van der Waals surface area (Å²) in [6.45, 7) is 4.41. The van der Waals surface area contributed by atoms with Gasteiger partial charge in [-0.2, -0.15) is 0 Å². The number of carbonyl (C=O) groups excluding carboxylic acids is 2. The van der Waals surface area contributed by atoms with E-state index in [4.69, 9.17) is 11.6 Å². The van der Waals surface area contributed by atoms with E-state index < -0.39 is 0 Å². The largest absolute Gasteiger partial charge is 0.282 e. The molecular formula is C23H23ClO2S2. The monoisotopic (exact) mass is 430 g/mol. The van der Waals surface area contributed by atoms with Crippen LogP contribution in [-0.2, 0) is 0 Å². The number of rotatable bonds is 3. The van der Waals surface area contributed by atoms with Crippen LogP contribution in [0, 0.1) is 0 Å². The molecule has 0 saturated carbocycles. The summed E-state index contributed by atoms with van der Waals surface area (Å²) in [5.41, 5.74) is 2.62. The van der Waals surface area contributed by atoms with Gasteiger partial charge in [-0.05, 0) is 35.7 Å². The summed E-state index contributed by atoms with van der Waals surface area (Å²) in [6, 6.07) is 26.1. The molecule has 2 nitrogen and oxygen atoms in total. The van der Waals surface area contributed by atoms with Crippen molar-refractivity contribution in [2.75, 3.05) is 0 Å². The van der Waals surface area contributed by atoms with Gasteiger partial charge in [0, 0.05) is 16.1 Å². The zero-order valence-corrected chi connectivity index (χ0v) is 18.3. The van der Waals surface area contributed by atoms with Crippen molar-refractivity contribution in [3.8, 4) is 0 Å². The number of halogens is 1. The van der Waals surface area contributed by atoms with Crippen molar-refractivity contribution in [3.05, 3.63) is 107 Å². The quantitative estimate of drug-likeness (QED) is 0.439. The minimum atomic E-state index is -0.239. The van der Waals surface area contributed by atoms with E-state index in [0.717, 1.165) is 0 Å². The van der Waals surface area contributed by atoms with Gasteiger partial charge in [0.25, 0.3) is 0 Å². The van der Waals surface area contributed by atoms with Gasteiger partial charge in [-0.1, -0.05) is 86.1 Å². The van der Waals surface area contributed by atoms with Crippen molar-refractivity contribution in [1.82, 2.24) is 0 Å². The van der Waals surface area contributed by atoms with E-state index in [0.29, 0.717) is 22.1 Å². The molecule has 146 valence electrons. The summed E-state index contributed by atoms with van der Waals surface area (Å²) in [5.74, 6) is 0.659. The SMILES string of the molecule is CC(C)c1ccccc1.O=C(S)c1ccc(Cl)cc1.O=C(S)c1ccccc1.